The number of thiazole rings is 1. The van der Waals surface area contributed by atoms with Crippen LogP contribution in [0.3, 0.4) is 0 Å². The monoisotopic (exact) mass is 703 g/mol. The van der Waals surface area contributed by atoms with Crippen molar-refractivity contribution in [1.82, 2.24) is 43.7 Å². The van der Waals surface area contributed by atoms with Gasteiger partial charge in [0.2, 0.25) is 5.91 Å². The predicted octanol–water partition coefficient (Wildman–Crippen LogP) is 4.38. The number of hydrogen-bond acceptors (Lipinski definition) is 9. The highest BCUT2D eigenvalue weighted by Crippen LogP contribution is 2.37. The fraction of sp³-hybridized carbons (Fsp3) is 0.368. The number of rotatable bonds is 8. The number of likely N-dealkylation sites (tertiary alicyclic amines) is 2. The number of nitrogens with zero attached hydrogens (tertiary/aromatic N) is 9. The first-order chi connectivity index (χ1) is 24.7. The van der Waals surface area contributed by atoms with Crippen molar-refractivity contribution in [3.63, 3.8) is 0 Å². The van der Waals surface area contributed by atoms with Crippen molar-refractivity contribution in [3.05, 3.63) is 112 Å². The number of fused-ring (bicyclic) bond motifs is 1. The third-order valence-electron chi connectivity index (χ3n) is 10.4. The molecule has 0 saturated carbocycles. The molecule has 7 heterocycles. The van der Waals surface area contributed by atoms with E-state index >= 15 is 0 Å². The maximum atomic E-state index is 14.2. The van der Waals surface area contributed by atoms with Gasteiger partial charge in [0, 0.05) is 85.4 Å². The number of amides is 1. The lowest BCUT2D eigenvalue weighted by molar-refractivity contribution is -0.142. The molecule has 0 radical (unpaired) electrons. The first-order valence-corrected chi connectivity index (χ1v) is 18.3. The zero-order valence-corrected chi connectivity index (χ0v) is 29.6. The Morgan fingerprint density at radius 3 is 2.53 bits per heavy atom. The molecule has 51 heavy (non-hydrogen) atoms. The number of carbonyl (C=O) groups is 1. The number of aliphatic hydroxyl groups is 1. The van der Waals surface area contributed by atoms with Crippen LogP contribution in [0.1, 0.15) is 41.3 Å². The zero-order chi connectivity index (χ0) is 35.1. The number of benzene rings is 1. The molecule has 13 heteroatoms. The fourth-order valence-corrected chi connectivity index (χ4v) is 8.54. The summed E-state index contributed by atoms with van der Waals surface area (Å²) in [5.41, 5.74) is 3.92. The smallest absolute Gasteiger partial charge is 0.277 e. The molecule has 0 bridgehead atoms. The van der Waals surface area contributed by atoms with Crippen LogP contribution in [0.25, 0.3) is 27.3 Å². The average molecular weight is 704 g/mol. The van der Waals surface area contributed by atoms with Crippen molar-refractivity contribution in [3.8, 4) is 21.8 Å². The number of aryl methyl sites for hydroxylation is 2. The third kappa shape index (κ3) is 6.76. The third-order valence-corrected chi connectivity index (χ3v) is 11.5. The minimum absolute atomic E-state index is 0.0527. The standard InChI is InChI=1S/C38H41N9O3S/c1-26-8-9-28(18-39-26)35-40-20-30(51-35)22-44-15-12-31(32(23-44)27-6-4-3-5-7-27)36(48)45-16-13-38(50,14-17-45)24-46-25-42-47-33(10-11-34(47)37(46)49)29-19-41-43(2)21-29/h3-11,18-21,25,31-32,50H,12-17,22-24H2,1-2H3/t31-,32+/m1/s1. The zero-order valence-electron chi connectivity index (χ0n) is 28.8. The van der Waals surface area contributed by atoms with Gasteiger partial charge in [-0.3, -0.25) is 28.7 Å². The van der Waals surface area contributed by atoms with Crippen LogP contribution in [0.4, 0.5) is 0 Å². The highest BCUT2D eigenvalue weighted by atomic mass is 32.1. The van der Waals surface area contributed by atoms with Crippen molar-refractivity contribution in [1.29, 1.82) is 0 Å². The summed E-state index contributed by atoms with van der Waals surface area (Å²) < 4.78 is 4.82. The van der Waals surface area contributed by atoms with Gasteiger partial charge in [0.05, 0.1) is 24.0 Å². The number of hydrogen-bond donors (Lipinski definition) is 1. The van der Waals surface area contributed by atoms with Gasteiger partial charge in [-0.05, 0) is 62.6 Å². The van der Waals surface area contributed by atoms with Gasteiger partial charge in [0.25, 0.3) is 5.56 Å². The van der Waals surface area contributed by atoms with Crippen LogP contribution < -0.4 is 5.56 Å². The molecular formula is C38H41N9O3S. The van der Waals surface area contributed by atoms with E-state index in [2.05, 4.69) is 43.3 Å². The van der Waals surface area contributed by atoms with Crippen LogP contribution in [-0.2, 0) is 24.9 Å². The van der Waals surface area contributed by atoms with Gasteiger partial charge in [-0.25, -0.2) is 9.50 Å². The minimum Gasteiger partial charge on any atom is -0.388 e. The summed E-state index contributed by atoms with van der Waals surface area (Å²) in [6.45, 7) is 5.36. The molecule has 2 atom stereocenters. The van der Waals surface area contributed by atoms with Crippen LogP contribution in [0.15, 0.2) is 90.5 Å². The molecule has 1 aromatic carbocycles. The van der Waals surface area contributed by atoms with Crippen LogP contribution in [-0.4, -0.2) is 86.5 Å². The molecule has 6 aromatic rings. The van der Waals surface area contributed by atoms with E-state index in [0.29, 0.717) is 31.4 Å². The first kappa shape index (κ1) is 33.2. The topological polar surface area (TPSA) is 127 Å². The van der Waals surface area contributed by atoms with E-state index < -0.39 is 5.60 Å². The van der Waals surface area contributed by atoms with Gasteiger partial charge >= 0.3 is 0 Å². The second-order valence-electron chi connectivity index (χ2n) is 14.0. The Morgan fingerprint density at radius 2 is 1.78 bits per heavy atom. The van der Waals surface area contributed by atoms with Gasteiger partial charge in [-0.1, -0.05) is 30.3 Å². The maximum Gasteiger partial charge on any atom is 0.277 e. The van der Waals surface area contributed by atoms with E-state index in [4.69, 9.17) is 0 Å². The largest absolute Gasteiger partial charge is 0.388 e. The molecule has 2 aliphatic rings. The molecule has 2 fully saturated rings. The Bertz CT molecular complexity index is 2210. The molecule has 5 aromatic heterocycles. The molecule has 262 valence electrons. The van der Waals surface area contributed by atoms with Crippen molar-refractivity contribution < 1.29 is 9.90 Å². The van der Waals surface area contributed by atoms with E-state index in [1.165, 1.54) is 21.3 Å². The summed E-state index contributed by atoms with van der Waals surface area (Å²) in [5, 5.41) is 21.4. The quantitative estimate of drug-likeness (QED) is 0.248. The molecule has 0 aliphatic carbocycles. The molecule has 0 unspecified atom stereocenters. The van der Waals surface area contributed by atoms with E-state index in [1.54, 1.807) is 32.8 Å². The van der Waals surface area contributed by atoms with E-state index in [-0.39, 0.29) is 29.8 Å². The Labute approximate surface area is 299 Å². The van der Waals surface area contributed by atoms with Crippen molar-refractivity contribution in [2.45, 2.75) is 50.8 Å². The van der Waals surface area contributed by atoms with Gasteiger partial charge in [-0.2, -0.15) is 10.2 Å². The highest BCUT2D eigenvalue weighted by molar-refractivity contribution is 7.15. The summed E-state index contributed by atoms with van der Waals surface area (Å²) in [7, 11) is 1.84. The number of carbonyl (C=O) groups excluding carboxylic acids is 1. The lowest BCUT2D eigenvalue weighted by Crippen LogP contribution is -2.53. The second-order valence-corrected chi connectivity index (χ2v) is 15.1. The Balaban J connectivity index is 0.928. The molecule has 2 aliphatic heterocycles. The average Bonchev–Trinajstić information content (AvgIpc) is 3.91. The predicted molar refractivity (Wildman–Crippen MR) is 195 cm³/mol. The summed E-state index contributed by atoms with van der Waals surface area (Å²) in [6, 6.07) is 18.1. The van der Waals surface area contributed by atoms with Crippen LogP contribution in [0.2, 0.25) is 0 Å². The lowest BCUT2D eigenvalue weighted by atomic mass is 9.79. The summed E-state index contributed by atoms with van der Waals surface area (Å²) in [5.74, 6) is 0.0499. The van der Waals surface area contributed by atoms with Crippen molar-refractivity contribution in [2.75, 3.05) is 26.2 Å². The molecule has 1 N–H and O–H groups in total. The molecule has 12 nitrogen and oxygen atoms in total. The van der Waals surface area contributed by atoms with Gasteiger partial charge in [0.15, 0.2) is 0 Å². The SMILES string of the molecule is Cc1ccc(-c2ncc(CN3CC[C@@H](C(=O)N4CCC(O)(Cn5cnn6c(-c7cnn(C)c7)ccc6c5=O)CC4)[C@H](c4ccccc4)C3)s2)cn1. The molecule has 1 amide bonds. The van der Waals surface area contributed by atoms with Crippen molar-refractivity contribution in [2.24, 2.45) is 13.0 Å². The molecular weight excluding hydrogens is 663 g/mol. The van der Waals surface area contributed by atoms with E-state index in [9.17, 15) is 14.7 Å². The van der Waals surface area contributed by atoms with E-state index in [0.717, 1.165) is 53.6 Å². The van der Waals surface area contributed by atoms with Gasteiger partial charge in [-0.15, -0.1) is 11.3 Å². The van der Waals surface area contributed by atoms with Gasteiger partial charge < -0.3 is 10.0 Å². The highest BCUT2D eigenvalue weighted by Gasteiger charge is 2.41. The normalized spacial score (nSPS) is 19.5. The Hall–Kier alpha value is -4.98. The molecule has 2 saturated heterocycles. The maximum absolute atomic E-state index is 14.2. The molecule has 8 rings (SSSR count). The first-order valence-electron chi connectivity index (χ1n) is 17.5. The lowest BCUT2D eigenvalue weighted by Gasteiger charge is -2.43. The minimum atomic E-state index is -1.12. The number of pyridine rings is 1. The number of piperidine rings is 2. The van der Waals surface area contributed by atoms with Crippen LogP contribution in [0, 0.1) is 12.8 Å². The van der Waals surface area contributed by atoms with Crippen molar-refractivity contribution >= 4 is 22.8 Å². The summed E-state index contributed by atoms with van der Waals surface area (Å²) >= 11 is 1.69. The second kappa shape index (κ2) is 13.6. The van der Waals surface area contributed by atoms with E-state index in [1.807, 2.05) is 67.8 Å². The van der Waals surface area contributed by atoms with Crippen LogP contribution >= 0.6 is 11.3 Å². The summed E-state index contributed by atoms with van der Waals surface area (Å²) in [4.78, 5) is 42.3. The Morgan fingerprint density at radius 1 is 0.961 bits per heavy atom. The summed E-state index contributed by atoms with van der Waals surface area (Å²) in [6.07, 6.45) is 10.5. The van der Waals surface area contributed by atoms with Gasteiger partial charge in [0.1, 0.15) is 16.9 Å². The molecule has 0 spiro atoms. The Kier molecular flexibility index (Phi) is 8.86. The van der Waals surface area contributed by atoms with Crippen LogP contribution in [0.5, 0.6) is 0 Å². The number of aromatic nitrogens is 7. The fourth-order valence-electron chi connectivity index (χ4n) is 7.59.